The molecule has 17 heavy (non-hydrogen) atoms. The van der Waals surface area contributed by atoms with Crippen molar-refractivity contribution in [1.82, 2.24) is 9.97 Å². The fourth-order valence-electron chi connectivity index (χ4n) is 2.14. The lowest BCUT2D eigenvalue weighted by Crippen LogP contribution is -2.23. The second-order valence-electron chi connectivity index (χ2n) is 4.17. The van der Waals surface area contributed by atoms with E-state index in [0.29, 0.717) is 23.9 Å². The number of anilines is 1. The third-order valence-corrected chi connectivity index (χ3v) is 3.11. The minimum atomic E-state index is 0.369. The molecule has 2 heterocycles. The molecule has 2 unspecified atom stereocenters. The summed E-state index contributed by atoms with van der Waals surface area (Å²) in [5.41, 5.74) is 0. The third-order valence-electron chi connectivity index (χ3n) is 3.11. The van der Waals surface area contributed by atoms with Crippen LogP contribution in [-0.2, 0) is 4.74 Å². The van der Waals surface area contributed by atoms with Crippen LogP contribution < -0.4 is 10.1 Å². The summed E-state index contributed by atoms with van der Waals surface area (Å²) >= 11 is 0. The van der Waals surface area contributed by atoms with Crippen molar-refractivity contribution in [3.63, 3.8) is 0 Å². The molecule has 5 nitrogen and oxygen atoms in total. The van der Waals surface area contributed by atoms with Gasteiger partial charge in [0, 0.05) is 31.3 Å². The van der Waals surface area contributed by atoms with Crippen LogP contribution in [0.2, 0.25) is 0 Å². The minimum absolute atomic E-state index is 0.369. The first-order valence-corrected chi connectivity index (χ1v) is 6.06. The van der Waals surface area contributed by atoms with Gasteiger partial charge in [0.2, 0.25) is 11.8 Å². The van der Waals surface area contributed by atoms with Gasteiger partial charge in [-0.25, -0.2) is 4.98 Å². The lowest BCUT2D eigenvalue weighted by atomic mass is 10.00. The maximum atomic E-state index is 5.64. The molecule has 1 saturated heterocycles. The summed E-state index contributed by atoms with van der Waals surface area (Å²) in [6.07, 6.45) is 4.23. The van der Waals surface area contributed by atoms with Gasteiger partial charge in [0.25, 0.3) is 0 Å². The van der Waals surface area contributed by atoms with Gasteiger partial charge in [-0.05, 0) is 12.8 Å². The average Bonchev–Trinajstić information content (AvgIpc) is 2.84. The monoisotopic (exact) mass is 237 g/mol. The van der Waals surface area contributed by atoms with E-state index in [4.69, 9.17) is 9.47 Å². The Morgan fingerprint density at radius 3 is 3.24 bits per heavy atom. The lowest BCUT2D eigenvalue weighted by Gasteiger charge is -2.17. The standard InChI is InChI=1S/C12H19N3O2/c1-3-10-9(5-7-17-10)8-14-12-13-6-4-11(15-12)16-2/h4,6,9-10H,3,5,7-8H2,1-2H3,(H,13,14,15). The second-order valence-corrected chi connectivity index (χ2v) is 4.17. The van der Waals surface area contributed by atoms with E-state index in [1.54, 1.807) is 19.4 Å². The minimum Gasteiger partial charge on any atom is -0.481 e. The number of nitrogens with one attached hydrogen (secondary N) is 1. The van der Waals surface area contributed by atoms with Crippen LogP contribution >= 0.6 is 0 Å². The highest BCUT2D eigenvalue weighted by molar-refractivity contribution is 5.27. The smallest absolute Gasteiger partial charge is 0.225 e. The van der Waals surface area contributed by atoms with E-state index >= 15 is 0 Å². The van der Waals surface area contributed by atoms with Crippen LogP contribution in [0.25, 0.3) is 0 Å². The molecule has 1 aromatic rings. The lowest BCUT2D eigenvalue weighted by molar-refractivity contribution is 0.0900. The summed E-state index contributed by atoms with van der Waals surface area (Å²) in [6, 6.07) is 1.73. The largest absolute Gasteiger partial charge is 0.481 e. The molecule has 1 fully saturated rings. The molecule has 0 aliphatic carbocycles. The number of aromatic nitrogens is 2. The molecule has 0 spiro atoms. The van der Waals surface area contributed by atoms with E-state index in [-0.39, 0.29) is 0 Å². The van der Waals surface area contributed by atoms with Crippen molar-refractivity contribution < 1.29 is 9.47 Å². The SMILES string of the molecule is CCC1OCCC1CNc1nccc(OC)n1. The van der Waals surface area contributed by atoms with Gasteiger partial charge in [0.05, 0.1) is 13.2 Å². The number of methoxy groups -OCH3 is 1. The predicted molar refractivity (Wildman–Crippen MR) is 65.2 cm³/mol. The molecule has 0 saturated carbocycles. The Balaban J connectivity index is 1.88. The molecule has 2 rings (SSSR count). The Labute approximate surface area is 102 Å². The van der Waals surface area contributed by atoms with E-state index in [9.17, 15) is 0 Å². The first-order valence-electron chi connectivity index (χ1n) is 6.06. The summed E-state index contributed by atoms with van der Waals surface area (Å²) in [5, 5.41) is 3.24. The molecule has 94 valence electrons. The molecule has 1 aromatic heterocycles. The van der Waals surface area contributed by atoms with Gasteiger partial charge in [-0.15, -0.1) is 0 Å². The van der Waals surface area contributed by atoms with Crippen LogP contribution in [0.1, 0.15) is 19.8 Å². The fraction of sp³-hybridized carbons (Fsp3) is 0.667. The van der Waals surface area contributed by atoms with E-state index in [1.165, 1.54) is 0 Å². The Morgan fingerprint density at radius 2 is 2.47 bits per heavy atom. The first kappa shape index (κ1) is 12.1. The van der Waals surface area contributed by atoms with Gasteiger partial charge in [0.15, 0.2) is 0 Å². The van der Waals surface area contributed by atoms with Crippen molar-refractivity contribution in [2.24, 2.45) is 5.92 Å². The van der Waals surface area contributed by atoms with Gasteiger partial charge in [0.1, 0.15) is 0 Å². The zero-order valence-electron chi connectivity index (χ0n) is 10.3. The zero-order chi connectivity index (χ0) is 12.1. The van der Waals surface area contributed by atoms with Gasteiger partial charge in [-0.2, -0.15) is 4.98 Å². The second kappa shape index (κ2) is 5.82. The molecule has 1 N–H and O–H groups in total. The molecule has 0 bridgehead atoms. The van der Waals surface area contributed by atoms with E-state index in [0.717, 1.165) is 26.0 Å². The van der Waals surface area contributed by atoms with Crippen LogP contribution in [-0.4, -0.2) is 36.3 Å². The van der Waals surface area contributed by atoms with E-state index in [1.807, 2.05) is 0 Å². The number of ether oxygens (including phenoxy) is 2. The molecule has 0 radical (unpaired) electrons. The number of hydrogen-bond donors (Lipinski definition) is 1. The number of hydrogen-bond acceptors (Lipinski definition) is 5. The Hall–Kier alpha value is -1.36. The molecule has 1 aliphatic heterocycles. The van der Waals surface area contributed by atoms with Crippen molar-refractivity contribution in [2.45, 2.75) is 25.9 Å². The Bertz CT molecular complexity index is 359. The van der Waals surface area contributed by atoms with E-state index < -0.39 is 0 Å². The quantitative estimate of drug-likeness (QED) is 0.845. The summed E-state index contributed by atoms with van der Waals surface area (Å²) in [6.45, 7) is 3.88. The van der Waals surface area contributed by atoms with Crippen LogP contribution in [0.4, 0.5) is 5.95 Å². The first-order chi connectivity index (χ1) is 8.33. The topological polar surface area (TPSA) is 56.3 Å². The van der Waals surface area contributed by atoms with Crippen molar-refractivity contribution >= 4 is 5.95 Å². The summed E-state index contributed by atoms with van der Waals surface area (Å²) in [5.74, 6) is 1.75. The van der Waals surface area contributed by atoms with Crippen LogP contribution in [0.3, 0.4) is 0 Å². The summed E-state index contributed by atoms with van der Waals surface area (Å²) in [7, 11) is 1.60. The van der Waals surface area contributed by atoms with Gasteiger partial charge in [-0.3, -0.25) is 0 Å². The predicted octanol–water partition coefficient (Wildman–Crippen LogP) is 1.71. The zero-order valence-corrected chi connectivity index (χ0v) is 10.3. The molecule has 1 aliphatic rings. The van der Waals surface area contributed by atoms with Crippen molar-refractivity contribution in [2.75, 3.05) is 25.6 Å². The van der Waals surface area contributed by atoms with Gasteiger partial charge >= 0.3 is 0 Å². The average molecular weight is 237 g/mol. The normalized spacial score (nSPS) is 23.6. The molecule has 0 aromatic carbocycles. The van der Waals surface area contributed by atoms with Gasteiger partial charge in [-0.1, -0.05) is 6.92 Å². The Kier molecular flexibility index (Phi) is 4.14. The van der Waals surface area contributed by atoms with Crippen LogP contribution in [0, 0.1) is 5.92 Å². The number of nitrogens with zero attached hydrogens (tertiary/aromatic N) is 2. The van der Waals surface area contributed by atoms with Crippen LogP contribution in [0.15, 0.2) is 12.3 Å². The number of rotatable bonds is 5. The Morgan fingerprint density at radius 1 is 1.59 bits per heavy atom. The maximum Gasteiger partial charge on any atom is 0.225 e. The van der Waals surface area contributed by atoms with Crippen molar-refractivity contribution in [1.29, 1.82) is 0 Å². The van der Waals surface area contributed by atoms with Crippen molar-refractivity contribution in [3.8, 4) is 5.88 Å². The highest BCUT2D eigenvalue weighted by Gasteiger charge is 2.26. The van der Waals surface area contributed by atoms with Crippen molar-refractivity contribution in [3.05, 3.63) is 12.3 Å². The third kappa shape index (κ3) is 3.06. The maximum absolute atomic E-state index is 5.64. The van der Waals surface area contributed by atoms with Gasteiger partial charge < -0.3 is 14.8 Å². The summed E-state index contributed by atoms with van der Waals surface area (Å²) in [4.78, 5) is 8.37. The highest BCUT2D eigenvalue weighted by Crippen LogP contribution is 2.23. The van der Waals surface area contributed by atoms with Crippen LogP contribution in [0.5, 0.6) is 5.88 Å². The molecular weight excluding hydrogens is 218 g/mol. The molecular formula is C12H19N3O2. The molecule has 0 amide bonds. The highest BCUT2D eigenvalue weighted by atomic mass is 16.5. The fourth-order valence-corrected chi connectivity index (χ4v) is 2.14. The molecule has 5 heteroatoms. The van der Waals surface area contributed by atoms with E-state index in [2.05, 4.69) is 22.2 Å². The summed E-state index contributed by atoms with van der Waals surface area (Å²) < 4.78 is 10.7. The molecule has 2 atom stereocenters.